The zero-order valence-electron chi connectivity index (χ0n) is 6.10. The second-order valence-electron chi connectivity index (χ2n) is 2.37. The Morgan fingerprint density at radius 2 is 1.67 bits per heavy atom. The lowest BCUT2D eigenvalue weighted by Crippen LogP contribution is -2.38. The van der Waals surface area contributed by atoms with Gasteiger partial charge < -0.3 is 17.2 Å². The van der Waals surface area contributed by atoms with Crippen LogP contribution in [-0.4, -0.2) is 29.6 Å². The standard InChI is InChI=1S/C5H7N7/c6-2-1-3(11-4(7)9-1)12-5(8)10-2/h1H,(H6,6,7,8,9,10,11,12). The zero-order valence-corrected chi connectivity index (χ0v) is 6.10. The summed E-state index contributed by atoms with van der Waals surface area (Å²) >= 11 is 0. The minimum Gasteiger partial charge on any atom is -0.385 e. The van der Waals surface area contributed by atoms with Crippen LogP contribution >= 0.6 is 0 Å². The highest BCUT2D eigenvalue weighted by Gasteiger charge is 2.28. The summed E-state index contributed by atoms with van der Waals surface area (Å²) in [5, 5.41) is 0. The quantitative estimate of drug-likeness (QED) is 0.375. The lowest BCUT2D eigenvalue weighted by atomic mass is 10.2. The third-order valence-electron chi connectivity index (χ3n) is 1.49. The van der Waals surface area contributed by atoms with Gasteiger partial charge in [0.05, 0.1) is 0 Å². The molecule has 0 aliphatic carbocycles. The van der Waals surface area contributed by atoms with Gasteiger partial charge >= 0.3 is 0 Å². The number of aliphatic imine (C=N–C) groups is 4. The molecule has 0 aromatic heterocycles. The minimum atomic E-state index is -0.433. The molecule has 7 heteroatoms. The molecule has 0 spiro atoms. The van der Waals surface area contributed by atoms with Crippen molar-refractivity contribution in [3.05, 3.63) is 0 Å². The summed E-state index contributed by atoms with van der Waals surface area (Å²) in [6.07, 6.45) is 0. The molecule has 12 heavy (non-hydrogen) atoms. The first kappa shape index (κ1) is 6.77. The maximum atomic E-state index is 5.52. The van der Waals surface area contributed by atoms with Crippen molar-refractivity contribution >= 4 is 23.6 Å². The molecule has 0 saturated heterocycles. The first-order valence-corrected chi connectivity index (χ1v) is 3.27. The van der Waals surface area contributed by atoms with E-state index < -0.39 is 6.04 Å². The minimum absolute atomic E-state index is 0.0902. The zero-order chi connectivity index (χ0) is 8.72. The average molecular weight is 165 g/mol. The molecule has 1 atom stereocenters. The monoisotopic (exact) mass is 165 g/mol. The molecule has 0 amide bonds. The number of rotatable bonds is 0. The number of hydrogen-bond acceptors (Lipinski definition) is 7. The van der Waals surface area contributed by atoms with E-state index in [1.54, 1.807) is 0 Å². The van der Waals surface area contributed by atoms with Crippen LogP contribution in [0.4, 0.5) is 0 Å². The van der Waals surface area contributed by atoms with Crippen LogP contribution in [-0.2, 0) is 0 Å². The Hall–Kier alpha value is -1.92. The van der Waals surface area contributed by atoms with Gasteiger partial charge in [0.1, 0.15) is 5.84 Å². The Balaban J connectivity index is 2.46. The lowest BCUT2D eigenvalue weighted by molar-refractivity contribution is 1.10. The van der Waals surface area contributed by atoms with Crippen LogP contribution in [0.5, 0.6) is 0 Å². The van der Waals surface area contributed by atoms with Crippen molar-refractivity contribution in [2.45, 2.75) is 6.04 Å². The summed E-state index contributed by atoms with van der Waals surface area (Å²) in [6.45, 7) is 0. The molecule has 2 aliphatic heterocycles. The van der Waals surface area contributed by atoms with Crippen LogP contribution < -0.4 is 17.2 Å². The van der Waals surface area contributed by atoms with Gasteiger partial charge in [-0.1, -0.05) is 0 Å². The maximum Gasteiger partial charge on any atom is 0.223 e. The Labute approximate surface area is 67.8 Å². The molecular weight excluding hydrogens is 158 g/mol. The molecule has 62 valence electrons. The molecule has 0 aromatic rings. The van der Waals surface area contributed by atoms with E-state index in [4.69, 9.17) is 17.2 Å². The summed E-state index contributed by atoms with van der Waals surface area (Å²) in [5.41, 5.74) is 16.2. The van der Waals surface area contributed by atoms with E-state index in [0.717, 1.165) is 0 Å². The molecule has 2 rings (SSSR count). The SMILES string of the molecule is NC1=NC2=NC(N)=NC2C(N)=N1. The fraction of sp³-hybridized carbons (Fsp3) is 0.200. The van der Waals surface area contributed by atoms with Crippen molar-refractivity contribution in [3.63, 3.8) is 0 Å². The van der Waals surface area contributed by atoms with E-state index in [1.165, 1.54) is 0 Å². The second kappa shape index (κ2) is 2.03. The number of hydrogen-bond donors (Lipinski definition) is 3. The van der Waals surface area contributed by atoms with Crippen molar-refractivity contribution in [1.29, 1.82) is 0 Å². The summed E-state index contributed by atoms with van der Waals surface area (Å²) in [7, 11) is 0. The molecule has 2 heterocycles. The predicted octanol–water partition coefficient (Wildman–Crippen LogP) is -2.23. The molecular formula is C5H7N7. The number of nitrogens with zero attached hydrogens (tertiary/aromatic N) is 4. The number of nitrogens with two attached hydrogens (primary N) is 3. The summed E-state index contributed by atoms with van der Waals surface area (Å²) in [6, 6.07) is -0.433. The van der Waals surface area contributed by atoms with E-state index in [9.17, 15) is 0 Å². The first-order chi connectivity index (χ1) is 5.66. The first-order valence-electron chi connectivity index (χ1n) is 3.27. The number of amidine groups is 2. The topological polar surface area (TPSA) is 127 Å². The molecule has 0 fully saturated rings. The number of guanidine groups is 2. The van der Waals surface area contributed by atoms with Gasteiger partial charge in [0.25, 0.3) is 0 Å². The van der Waals surface area contributed by atoms with Gasteiger partial charge in [0.15, 0.2) is 11.9 Å². The average Bonchev–Trinajstić information content (AvgIpc) is 2.29. The predicted molar refractivity (Wildman–Crippen MR) is 46.1 cm³/mol. The van der Waals surface area contributed by atoms with Crippen molar-refractivity contribution in [2.24, 2.45) is 37.2 Å². The third kappa shape index (κ3) is 0.831. The van der Waals surface area contributed by atoms with Gasteiger partial charge in [0, 0.05) is 0 Å². The molecule has 0 saturated carbocycles. The van der Waals surface area contributed by atoms with E-state index in [2.05, 4.69) is 20.0 Å². The van der Waals surface area contributed by atoms with E-state index in [0.29, 0.717) is 5.84 Å². The Morgan fingerprint density at radius 3 is 2.42 bits per heavy atom. The van der Waals surface area contributed by atoms with Gasteiger partial charge in [-0.3, -0.25) is 0 Å². The lowest BCUT2D eigenvalue weighted by Gasteiger charge is -2.10. The smallest absolute Gasteiger partial charge is 0.223 e. The third-order valence-corrected chi connectivity index (χ3v) is 1.49. The molecule has 0 aromatic carbocycles. The van der Waals surface area contributed by atoms with Gasteiger partial charge in [-0.2, -0.15) is 15.0 Å². The molecule has 6 N–H and O–H groups in total. The molecule has 2 aliphatic rings. The van der Waals surface area contributed by atoms with Gasteiger partial charge in [-0.25, -0.2) is 4.99 Å². The van der Waals surface area contributed by atoms with Gasteiger partial charge in [-0.05, 0) is 0 Å². The molecule has 7 nitrogen and oxygen atoms in total. The van der Waals surface area contributed by atoms with Crippen LogP contribution in [0, 0.1) is 0 Å². The maximum absolute atomic E-state index is 5.52. The van der Waals surface area contributed by atoms with Gasteiger partial charge in [0.2, 0.25) is 11.9 Å². The second-order valence-corrected chi connectivity index (χ2v) is 2.37. The highest BCUT2D eigenvalue weighted by atomic mass is 15.2. The summed E-state index contributed by atoms with van der Waals surface area (Å²) in [5.74, 6) is 0.943. The fourth-order valence-electron chi connectivity index (χ4n) is 1.02. The highest BCUT2D eigenvalue weighted by molar-refractivity contribution is 6.23. The van der Waals surface area contributed by atoms with Crippen LogP contribution in [0.2, 0.25) is 0 Å². The molecule has 0 bridgehead atoms. The molecule has 0 radical (unpaired) electrons. The highest BCUT2D eigenvalue weighted by Crippen LogP contribution is 2.09. The fourth-order valence-corrected chi connectivity index (χ4v) is 1.02. The normalized spacial score (nSPS) is 26.8. The van der Waals surface area contributed by atoms with Crippen molar-refractivity contribution < 1.29 is 0 Å². The van der Waals surface area contributed by atoms with E-state index >= 15 is 0 Å². The van der Waals surface area contributed by atoms with E-state index in [1.807, 2.05) is 0 Å². The Kier molecular flexibility index (Phi) is 1.15. The Morgan fingerprint density at radius 1 is 0.917 bits per heavy atom. The van der Waals surface area contributed by atoms with Crippen LogP contribution in [0.1, 0.15) is 0 Å². The van der Waals surface area contributed by atoms with E-state index in [-0.39, 0.29) is 17.8 Å². The van der Waals surface area contributed by atoms with Crippen molar-refractivity contribution in [3.8, 4) is 0 Å². The van der Waals surface area contributed by atoms with Crippen LogP contribution in [0.25, 0.3) is 0 Å². The largest absolute Gasteiger partial charge is 0.385 e. The van der Waals surface area contributed by atoms with Crippen molar-refractivity contribution in [2.75, 3.05) is 0 Å². The summed E-state index contributed by atoms with van der Waals surface area (Å²) < 4.78 is 0. The van der Waals surface area contributed by atoms with Crippen LogP contribution in [0.3, 0.4) is 0 Å². The van der Waals surface area contributed by atoms with Crippen LogP contribution in [0.15, 0.2) is 20.0 Å². The van der Waals surface area contributed by atoms with Gasteiger partial charge in [-0.15, -0.1) is 0 Å². The number of fused-ring (bicyclic) bond motifs is 1. The summed E-state index contributed by atoms with van der Waals surface area (Å²) in [4.78, 5) is 15.3. The van der Waals surface area contributed by atoms with Crippen molar-refractivity contribution in [1.82, 2.24) is 0 Å². The Bertz CT molecular complexity index is 344. The molecule has 1 unspecified atom stereocenters.